The summed E-state index contributed by atoms with van der Waals surface area (Å²) in [5.41, 5.74) is 0. The normalized spacial score (nSPS) is 15.1. The number of unbranched alkanes of at least 4 members (excludes halogenated alkanes) is 6. The number of rotatable bonds is 25. The number of hydrogen-bond acceptors (Lipinski definition) is 6. The van der Waals surface area contributed by atoms with Gasteiger partial charge in [-0.1, -0.05) is 87.6 Å². The number of esters is 1. The molecule has 0 spiro atoms. The molecule has 0 aromatic carbocycles. The number of carbonyl (C=O) groups excluding carboxylic acids is 1. The third-order valence-corrected chi connectivity index (χ3v) is 6.65. The Morgan fingerprint density at radius 1 is 0.821 bits per heavy atom. The molecule has 0 saturated carbocycles. The smallest absolute Gasteiger partial charge is 0.457 e. The zero-order chi connectivity index (χ0) is 29.2. The van der Waals surface area contributed by atoms with Gasteiger partial charge in [0.05, 0.1) is 34.4 Å². The van der Waals surface area contributed by atoms with Crippen LogP contribution in [0.4, 0.5) is 0 Å². The molecular weight excluding hydrogens is 517 g/mol. The standard InChI is InChI=1S/C30H54NO7P/c1-5-6-7-8-9-10-11-12-13-14-15-16-17-18-19-20-21-22-23-24-30(33)38-29(27-32)28-37-39(34,35)36-26-25-31(2,3)4/h12-13,15-16,18-19,21-22,29,32H,5-11,14,17,20,23-28H2,1-4H3/p+1/b13-12-,16-15-,19-18-,22-21-. The van der Waals surface area contributed by atoms with Crippen molar-refractivity contribution in [2.75, 3.05) is 47.5 Å². The molecule has 0 amide bonds. The van der Waals surface area contributed by atoms with Gasteiger partial charge in [0.2, 0.25) is 0 Å². The van der Waals surface area contributed by atoms with Gasteiger partial charge < -0.3 is 19.2 Å². The Morgan fingerprint density at radius 2 is 1.36 bits per heavy atom. The number of quaternary nitrogens is 1. The molecular formula is C30H55NO7P+. The molecule has 0 saturated heterocycles. The molecule has 9 heteroatoms. The molecule has 8 nitrogen and oxygen atoms in total. The lowest BCUT2D eigenvalue weighted by Gasteiger charge is -2.24. The molecule has 0 aromatic rings. The average Bonchev–Trinajstić information content (AvgIpc) is 2.87. The highest BCUT2D eigenvalue weighted by Gasteiger charge is 2.25. The Kier molecular flexibility index (Phi) is 23.3. The maximum atomic E-state index is 12.0. The van der Waals surface area contributed by atoms with E-state index in [1.165, 1.54) is 44.9 Å². The lowest BCUT2D eigenvalue weighted by Crippen LogP contribution is -2.37. The lowest BCUT2D eigenvalue weighted by atomic mass is 10.1. The summed E-state index contributed by atoms with van der Waals surface area (Å²) in [6, 6.07) is 0. The minimum absolute atomic E-state index is 0.0378. The Bertz CT molecular complexity index is 772. The molecule has 226 valence electrons. The second-order valence-electron chi connectivity index (χ2n) is 10.6. The van der Waals surface area contributed by atoms with Gasteiger partial charge in [-0.25, -0.2) is 4.57 Å². The molecule has 0 heterocycles. The van der Waals surface area contributed by atoms with Gasteiger partial charge in [-0.05, 0) is 38.5 Å². The number of carbonyl (C=O) groups is 1. The zero-order valence-electron chi connectivity index (χ0n) is 24.8. The van der Waals surface area contributed by atoms with Crippen LogP contribution in [0.3, 0.4) is 0 Å². The summed E-state index contributed by atoms with van der Waals surface area (Å²) in [7, 11) is 1.50. The molecule has 0 aromatic heterocycles. The number of hydrogen-bond donors (Lipinski definition) is 2. The first-order chi connectivity index (χ1) is 18.6. The van der Waals surface area contributed by atoms with E-state index in [0.29, 0.717) is 17.4 Å². The number of phosphoric acid groups is 1. The van der Waals surface area contributed by atoms with E-state index >= 15 is 0 Å². The predicted molar refractivity (Wildman–Crippen MR) is 159 cm³/mol. The predicted octanol–water partition coefficient (Wildman–Crippen LogP) is 6.66. The van der Waals surface area contributed by atoms with Crippen LogP contribution in [0.2, 0.25) is 0 Å². The maximum absolute atomic E-state index is 12.0. The zero-order valence-corrected chi connectivity index (χ0v) is 25.7. The summed E-state index contributed by atoms with van der Waals surface area (Å²) in [4.78, 5) is 21.7. The fourth-order valence-corrected chi connectivity index (χ4v) is 4.05. The van der Waals surface area contributed by atoms with Gasteiger partial charge in [-0.15, -0.1) is 0 Å². The molecule has 2 atom stereocenters. The van der Waals surface area contributed by atoms with Gasteiger partial charge in [0, 0.05) is 6.42 Å². The Balaban J connectivity index is 3.89. The molecule has 2 unspecified atom stereocenters. The van der Waals surface area contributed by atoms with Crippen LogP contribution >= 0.6 is 7.82 Å². The van der Waals surface area contributed by atoms with Gasteiger partial charge in [0.25, 0.3) is 0 Å². The molecule has 0 fully saturated rings. The largest absolute Gasteiger partial charge is 0.472 e. The van der Waals surface area contributed by atoms with Crippen molar-refractivity contribution >= 4 is 13.8 Å². The van der Waals surface area contributed by atoms with Crippen molar-refractivity contribution in [3.63, 3.8) is 0 Å². The van der Waals surface area contributed by atoms with Crippen molar-refractivity contribution in [1.29, 1.82) is 0 Å². The number of nitrogens with zero attached hydrogens (tertiary/aromatic N) is 1. The van der Waals surface area contributed by atoms with Crippen molar-refractivity contribution in [2.24, 2.45) is 0 Å². The van der Waals surface area contributed by atoms with Crippen LogP contribution in [0.5, 0.6) is 0 Å². The summed E-state index contributed by atoms with van der Waals surface area (Å²) in [6.07, 6.45) is 28.5. The number of aliphatic hydroxyl groups excluding tert-OH is 1. The topological polar surface area (TPSA) is 102 Å². The molecule has 0 aliphatic rings. The second kappa shape index (κ2) is 24.3. The van der Waals surface area contributed by atoms with Crippen LogP contribution in [-0.4, -0.2) is 74.1 Å². The van der Waals surface area contributed by atoms with Gasteiger partial charge in [0.1, 0.15) is 19.3 Å². The van der Waals surface area contributed by atoms with E-state index in [4.69, 9.17) is 13.8 Å². The SMILES string of the molecule is CCCCCCCC/C=C\C/C=C\C/C=C\C/C=C\CCC(=O)OC(CO)COP(=O)(O)OCC[N+](C)(C)C. The van der Waals surface area contributed by atoms with Crippen molar-refractivity contribution < 1.29 is 37.6 Å². The number of allylic oxidation sites excluding steroid dienone is 8. The number of aliphatic hydroxyl groups is 1. The van der Waals surface area contributed by atoms with Crippen LogP contribution < -0.4 is 0 Å². The number of phosphoric ester groups is 1. The summed E-state index contributed by atoms with van der Waals surface area (Å²) >= 11 is 0. The second-order valence-corrected chi connectivity index (χ2v) is 12.0. The Morgan fingerprint density at radius 3 is 1.92 bits per heavy atom. The average molecular weight is 573 g/mol. The highest BCUT2D eigenvalue weighted by atomic mass is 31.2. The summed E-state index contributed by atoms with van der Waals surface area (Å²) in [6.45, 7) is 1.86. The van der Waals surface area contributed by atoms with Gasteiger partial charge in [0.15, 0.2) is 0 Å². The first kappa shape index (κ1) is 37.5. The van der Waals surface area contributed by atoms with Crippen LogP contribution in [0, 0.1) is 0 Å². The molecule has 39 heavy (non-hydrogen) atoms. The minimum Gasteiger partial charge on any atom is -0.457 e. The van der Waals surface area contributed by atoms with Crippen molar-refractivity contribution in [2.45, 2.75) is 90.1 Å². The number of likely N-dealkylation sites (N-methyl/N-ethyl adjacent to an activating group) is 1. The van der Waals surface area contributed by atoms with Gasteiger partial charge in [-0.3, -0.25) is 13.8 Å². The van der Waals surface area contributed by atoms with E-state index in [1.54, 1.807) is 0 Å². The van der Waals surface area contributed by atoms with E-state index in [-0.39, 0.29) is 13.0 Å². The van der Waals surface area contributed by atoms with E-state index in [9.17, 15) is 19.4 Å². The number of ether oxygens (including phenoxy) is 1. The van der Waals surface area contributed by atoms with Crippen molar-refractivity contribution in [3.8, 4) is 0 Å². The van der Waals surface area contributed by atoms with Crippen LogP contribution in [-0.2, 0) is 23.1 Å². The summed E-state index contributed by atoms with van der Waals surface area (Å²) < 4.78 is 27.4. The van der Waals surface area contributed by atoms with Crippen LogP contribution in [0.25, 0.3) is 0 Å². The third kappa shape index (κ3) is 27.8. The molecule has 0 radical (unpaired) electrons. The molecule has 0 bridgehead atoms. The Hall–Kier alpha value is -1.54. The summed E-state index contributed by atoms with van der Waals surface area (Å²) in [5, 5.41) is 9.39. The fourth-order valence-electron chi connectivity index (χ4n) is 3.31. The van der Waals surface area contributed by atoms with E-state index in [0.717, 1.165) is 19.3 Å². The maximum Gasteiger partial charge on any atom is 0.472 e. The minimum atomic E-state index is -4.28. The van der Waals surface area contributed by atoms with Crippen molar-refractivity contribution in [3.05, 3.63) is 48.6 Å². The van der Waals surface area contributed by atoms with E-state index in [1.807, 2.05) is 33.3 Å². The van der Waals surface area contributed by atoms with Gasteiger partial charge in [-0.2, -0.15) is 0 Å². The van der Waals surface area contributed by atoms with Crippen LogP contribution in [0.15, 0.2) is 48.6 Å². The Labute approximate surface area is 237 Å². The lowest BCUT2D eigenvalue weighted by molar-refractivity contribution is -0.870. The summed E-state index contributed by atoms with van der Waals surface area (Å²) in [5.74, 6) is -0.511. The molecule has 0 rings (SSSR count). The van der Waals surface area contributed by atoms with Crippen LogP contribution in [0.1, 0.15) is 84.0 Å². The van der Waals surface area contributed by atoms with E-state index < -0.39 is 33.1 Å². The molecule has 0 aliphatic carbocycles. The molecule has 2 N–H and O–H groups in total. The first-order valence-corrected chi connectivity index (χ1v) is 15.9. The van der Waals surface area contributed by atoms with E-state index in [2.05, 4.69) is 43.4 Å². The quantitative estimate of drug-likeness (QED) is 0.0415. The third-order valence-electron chi connectivity index (χ3n) is 5.66. The monoisotopic (exact) mass is 572 g/mol. The molecule has 0 aliphatic heterocycles. The van der Waals surface area contributed by atoms with Gasteiger partial charge >= 0.3 is 13.8 Å². The highest BCUT2D eigenvalue weighted by Crippen LogP contribution is 2.43. The highest BCUT2D eigenvalue weighted by molar-refractivity contribution is 7.47. The van der Waals surface area contributed by atoms with Crippen molar-refractivity contribution in [1.82, 2.24) is 0 Å². The fraction of sp³-hybridized carbons (Fsp3) is 0.700. The first-order valence-electron chi connectivity index (χ1n) is 14.4.